The number of hydrogen-bond donors (Lipinski definition) is 0. The van der Waals surface area contributed by atoms with Crippen LogP contribution in [-0.2, 0) is 12.6 Å². The Bertz CT molecular complexity index is 1260. The molecule has 31 heavy (non-hydrogen) atoms. The fourth-order valence-corrected chi connectivity index (χ4v) is 3.54. The Morgan fingerprint density at radius 1 is 1.19 bits per heavy atom. The maximum atomic E-state index is 14.1. The van der Waals surface area contributed by atoms with Crippen LogP contribution in [0.2, 0.25) is 0 Å². The van der Waals surface area contributed by atoms with E-state index in [9.17, 15) is 22.4 Å². The zero-order valence-electron chi connectivity index (χ0n) is 19.2. The van der Waals surface area contributed by atoms with Crippen molar-refractivity contribution in [2.24, 2.45) is 0 Å². The van der Waals surface area contributed by atoms with Crippen LogP contribution in [0.15, 0.2) is 42.7 Å². The first-order chi connectivity index (χ1) is 15.9. The number of nitrogens with zero attached hydrogens (tertiary/aromatic N) is 4. The summed E-state index contributed by atoms with van der Waals surface area (Å²) < 4.78 is 77.7. The van der Waals surface area contributed by atoms with Gasteiger partial charge in [0.15, 0.2) is 0 Å². The van der Waals surface area contributed by atoms with Crippen molar-refractivity contribution >= 4 is 5.91 Å². The Balaban J connectivity index is 1.85. The third-order valence-corrected chi connectivity index (χ3v) is 5.16. The molecule has 0 N–H and O–H groups in total. The van der Waals surface area contributed by atoms with Gasteiger partial charge in [0.1, 0.15) is 11.5 Å². The molecule has 1 aliphatic rings. The van der Waals surface area contributed by atoms with E-state index in [1.807, 2.05) is 0 Å². The quantitative estimate of drug-likeness (QED) is 0.572. The van der Waals surface area contributed by atoms with Gasteiger partial charge in [-0.15, -0.1) is 5.10 Å². The summed E-state index contributed by atoms with van der Waals surface area (Å²) in [7, 11) is 1.67. The molecule has 0 fully saturated rings. The lowest BCUT2D eigenvalue weighted by atomic mass is 9.91. The van der Waals surface area contributed by atoms with Crippen LogP contribution in [0.3, 0.4) is 0 Å². The average molecular weight is 433 g/mol. The van der Waals surface area contributed by atoms with E-state index in [4.69, 9.17) is 4.11 Å². The van der Waals surface area contributed by atoms with Gasteiger partial charge in [0.25, 0.3) is 5.91 Å². The van der Waals surface area contributed by atoms with Crippen LogP contribution >= 0.6 is 0 Å². The highest BCUT2D eigenvalue weighted by Gasteiger charge is 2.32. The highest BCUT2D eigenvalue weighted by atomic mass is 19.4. The zero-order chi connectivity index (χ0) is 24.8. The van der Waals surface area contributed by atoms with Crippen molar-refractivity contribution in [3.8, 4) is 11.4 Å². The second-order valence-electron chi connectivity index (χ2n) is 7.24. The van der Waals surface area contributed by atoms with Crippen LogP contribution in [-0.4, -0.2) is 39.6 Å². The first-order valence-electron chi connectivity index (χ1n) is 10.8. The van der Waals surface area contributed by atoms with E-state index < -0.39 is 30.3 Å². The first kappa shape index (κ1) is 17.3. The van der Waals surface area contributed by atoms with Gasteiger partial charge in [-0.25, -0.2) is 4.39 Å². The van der Waals surface area contributed by atoms with E-state index in [1.54, 1.807) is 18.0 Å². The Labute approximate surface area is 180 Å². The fraction of sp³-hybridized carbons (Fsp3) is 0.273. The van der Waals surface area contributed by atoms with Crippen LogP contribution in [0.5, 0.6) is 0 Å². The van der Waals surface area contributed by atoms with Crippen molar-refractivity contribution in [1.82, 2.24) is 20.1 Å². The largest absolute Gasteiger partial charge is 0.416 e. The number of hydrogen-bond acceptors (Lipinski definition) is 4. The van der Waals surface area contributed by atoms with Crippen molar-refractivity contribution in [3.63, 3.8) is 0 Å². The number of likely N-dealkylation sites (N-methyl/N-ethyl adjacent to an activating group) is 1. The van der Waals surface area contributed by atoms with E-state index in [1.165, 1.54) is 12.3 Å². The molecule has 0 bridgehead atoms. The molecule has 0 saturated heterocycles. The molecule has 3 heterocycles. The van der Waals surface area contributed by atoms with Crippen LogP contribution in [0.1, 0.15) is 49.5 Å². The second kappa shape index (κ2) is 7.72. The highest BCUT2D eigenvalue weighted by Crippen LogP contribution is 2.34. The highest BCUT2D eigenvalue weighted by molar-refractivity contribution is 5.98. The maximum absolute atomic E-state index is 14.1. The minimum atomic E-state index is -4.86. The molecule has 1 aromatic carbocycles. The number of alkyl halides is 3. The summed E-state index contributed by atoms with van der Waals surface area (Å²) in [6.07, 6.45) is -1.84. The van der Waals surface area contributed by atoms with Gasteiger partial charge >= 0.3 is 6.18 Å². The van der Waals surface area contributed by atoms with Crippen LogP contribution in [0.25, 0.3) is 11.4 Å². The van der Waals surface area contributed by atoms with Gasteiger partial charge in [-0.05, 0) is 53.4 Å². The Hall–Kier alpha value is -3.36. The lowest BCUT2D eigenvalue weighted by Gasteiger charge is -2.25. The molecule has 2 aromatic heterocycles. The minimum Gasteiger partial charge on any atom is -0.341 e. The molecule has 3 aromatic rings. The standard InChI is InChI=1S/C22H18F4N4O/c1-12(13-7-15(22(24,25)26)10-16(23)8-13)14-9-19(29-28-11-14)20-17-4-6-30(2)21(31)18(17)3-5-27-20/h3,5,7-12H,4,6H2,1-2H3/i1D3. The van der Waals surface area contributed by atoms with E-state index in [-0.39, 0.29) is 22.7 Å². The maximum Gasteiger partial charge on any atom is 0.416 e. The van der Waals surface area contributed by atoms with Crippen LogP contribution in [0.4, 0.5) is 17.6 Å². The third-order valence-electron chi connectivity index (χ3n) is 5.16. The Kier molecular flexibility index (Phi) is 4.31. The second-order valence-corrected chi connectivity index (χ2v) is 7.24. The summed E-state index contributed by atoms with van der Waals surface area (Å²) in [5.41, 5.74) is -0.110. The molecule has 0 radical (unpaired) electrons. The first-order valence-corrected chi connectivity index (χ1v) is 9.30. The molecule has 1 amide bonds. The SMILES string of the molecule is [2H]C([2H])([2H])C(c1cc(F)cc(C(F)(F)F)c1)c1cnnc(-c2nccc3c2CCN(C)C3=O)c1. The zero-order valence-corrected chi connectivity index (χ0v) is 16.2. The Morgan fingerprint density at radius 3 is 2.74 bits per heavy atom. The van der Waals surface area contributed by atoms with Crippen molar-refractivity contribution in [3.05, 3.63) is 76.4 Å². The molecular formula is C22H18F4N4O. The fourth-order valence-electron chi connectivity index (χ4n) is 3.54. The lowest BCUT2D eigenvalue weighted by molar-refractivity contribution is -0.137. The van der Waals surface area contributed by atoms with Crippen molar-refractivity contribution in [2.75, 3.05) is 13.6 Å². The molecular weight excluding hydrogens is 412 g/mol. The third kappa shape index (κ3) is 3.99. The number of fused-ring (bicyclic) bond motifs is 1. The average Bonchev–Trinajstić information content (AvgIpc) is 2.74. The minimum absolute atomic E-state index is 0.0161. The number of aromatic nitrogens is 3. The topological polar surface area (TPSA) is 59.0 Å². The van der Waals surface area contributed by atoms with Gasteiger partial charge in [-0.3, -0.25) is 9.78 Å². The number of amides is 1. The van der Waals surface area contributed by atoms with Gasteiger partial charge in [0.05, 0.1) is 17.5 Å². The predicted octanol–water partition coefficient (Wildman–Crippen LogP) is 4.48. The lowest BCUT2D eigenvalue weighted by Crippen LogP contribution is -2.34. The van der Waals surface area contributed by atoms with Gasteiger partial charge in [0.2, 0.25) is 0 Å². The van der Waals surface area contributed by atoms with Gasteiger partial charge in [0, 0.05) is 35.4 Å². The van der Waals surface area contributed by atoms with E-state index >= 15 is 0 Å². The van der Waals surface area contributed by atoms with Crippen molar-refractivity contribution in [2.45, 2.75) is 25.4 Å². The smallest absolute Gasteiger partial charge is 0.341 e. The summed E-state index contributed by atoms with van der Waals surface area (Å²) in [5, 5.41) is 7.87. The van der Waals surface area contributed by atoms with Crippen molar-refractivity contribution < 1.29 is 26.5 Å². The van der Waals surface area contributed by atoms with E-state index in [0.29, 0.717) is 41.9 Å². The monoisotopic (exact) mass is 433 g/mol. The summed E-state index contributed by atoms with van der Waals surface area (Å²) >= 11 is 0. The van der Waals surface area contributed by atoms with Gasteiger partial charge < -0.3 is 4.90 Å². The molecule has 0 aliphatic carbocycles. The molecule has 9 heteroatoms. The summed E-state index contributed by atoms with van der Waals surface area (Å²) in [6, 6.07) is 4.63. The molecule has 0 saturated carbocycles. The van der Waals surface area contributed by atoms with E-state index in [2.05, 4.69) is 15.2 Å². The number of rotatable bonds is 3. The number of halogens is 4. The number of benzene rings is 1. The Morgan fingerprint density at radius 2 is 2.00 bits per heavy atom. The molecule has 4 rings (SSSR count). The van der Waals surface area contributed by atoms with Crippen LogP contribution in [0, 0.1) is 5.82 Å². The molecule has 160 valence electrons. The van der Waals surface area contributed by atoms with E-state index in [0.717, 1.165) is 12.3 Å². The van der Waals surface area contributed by atoms with Gasteiger partial charge in [-0.2, -0.15) is 18.3 Å². The predicted molar refractivity (Wildman–Crippen MR) is 105 cm³/mol. The molecule has 1 unspecified atom stereocenters. The number of carbonyl (C=O) groups is 1. The number of pyridine rings is 1. The molecule has 5 nitrogen and oxygen atoms in total. The number of carbonyl (C=O) groups excluding carboxylic acids is 1. The summed E-state index contributed by atoms with van der Waals surface area (Å²) in [4.78, 5) is 18.3. The molecule has 0 spiro atoms. The van der Waals surface area contributed by atoms with Crippen molar-refractivity contribution in [1.29, 1.82) is 0 Å². The molecule has 1 atom stereocenters. The normalized spacial score (nSPS) is 16.9. The van der Waals surface area contributed by atoms with Crippen LogP contribution < -0.4 is 0 Å². The summed E-state index contributed by atoms with van der Waals surface area (Å²) in [5.74, 6) is -3.01. The summed E-state index contributed by atoms with van der Waals surface area (Å²) in [6.45, 7) is -2.38. The van der Waals surface area contributed by atoms with Gasteiger partial charge in [-0.1, -0.05) is 6.85 Å². The molecule has 1 aliphatic heterocycles.